The van der Waals surface area contributed by atoms with Crippen LogP contribution >= 0.6 is 0 Å². The zero-order valence-corrected chi connectivity index (χ0v) is 11.0. The van der Waals surface area contributed by atoms with Crippen LogP contribution in [0.25, 0.3) is 11.0 Å². The van der Waals surface area contributed by atoms with Crippen molar-refractivity contribution < 1.29 is 13.2 Å². The molecule has 2 aromatic rings. The molecule has 0 spiro atoms. The van der Waals surface area contributed by atoms with Gasteiger partial charge >= 0.3 is 0 Å². The molecule has 0 unspecified atom stereocenters. The third kappa shape index (κ3) is 3.07. The van der Waals surface area contributed by atoms with Crippen LogP contribution < -0.4 is 5.32 Å². The van der Waals surface area contributed by atoms with Gasteiger partial charge in [0.15, 0.2) is 17.2 Å². The summed E-state index contributed by atoms with van der Waals surface area (Å²) in [5, 5.41) is 3.30. The third-order valence-electron chi connectivity index (χ3n) is 2.54. The first kappa shape index (κ1) is 14.6. The fraction of sp³-hybridized carbons (Fsp3) is 0.429. The normalized spacial score (nSPS) is 10.3. The van der Waals surface area contributed by atoms with Crippen LogP contribution in [0.4, 0.5) is 8.78 Å². The molecule has 2 nitrogen and oxygen atoms in total. The van der Waals surface area contributed by atoms with Crippen molar-refractivity contribution in [3.8, 4) is 0 Å². The van der Waals surface area contributed by atoms with E-state index in [0.717, 1.165) is 12.8 Å². The fourth-order valence-electron chi connectivity index (χ4n) is 1.67. The SMILES string of the molecule is CC.CCNCCc1ccc2c(F)coc2c1F. The topological polar surface area (TPSA) is 25.2 Å². The minimum absolute atomic E-state index is 0.00602. The number of hydrogen-bond acceptors (Lipinski definition) is 2. The molecule has 0 saturated carbocycles. The zero-order chi connectivity index (χ0) is 13.5. The van der Waals surface area contributed by atoms with Crippen molar-refractivity contribution in [2.45, 2.75) is 27.2 Å². The minimum atomic E-state index is -0.521. The molecular formula is C14H19F2NO. The first-order chi connectivity index (χ1) is 8.74. The molecule has 0 radical (unpaired) electrons. The molecule has 0 atom stereocenters. The van der Waals surface area contributed by atoms with Crippen molar-refractivity contribution in [2.24, 2.45) is 0 Å². The molecule has 4 heteroatoms. The van der Waals surface area contributed by atoms with Crippen LogP contribution in [0.5, 0.6) is 0 Å². The molecule has 100 valence electrons. The number of fused-ring (bicyclic) bond motifs is 1. The summed E-state index contributed by atoms with van der Waals surface area (Å²) in [7, 11) is 0. The number of hydrogen-bond donors (Lipinski definition) is 1. The summed E-state index contributed by atoms with van der Waals surface area (Å²) in [4.78, 5) is 0. The van der Waals surface area contributed by atoms with Gasteiger partial charge in [-0.25, -0.2) is 8.78 Å². The van der Waals surface area contributed by atoms with Gasteiger partial charge in [0.2, 0.25) is 0 Å². The summed E-state index contributed by atoms with van der Waals surface area (Å²) >= 11 is 0. The molecule has 0 aliphatic heterocycles. The fourth-order valence-corrected chi connectivity index (χ4v) is 1.67. The lowest BCUT2D eigenvalue weighted by molar-refractivity contribution is 0.530. The maximum Gasteiger partial charge on any atom is 0.172 e. The van der Waals surface area contributed by atoms with Crippen LogP contribution in [0.1, 0.15) is 26.3 Å². The van der Waals surface area contributed by atoms with E-state index >= 15 is 0 Å². The lowest BCUT2D eigenvalue weighted by Gasteiger charge is -2.03. The van der Waals surface area contributed by atoms with Crippen molar-refractivity contribution >= 4 is 11.0 Å². The molecule has 1 heterocycles. The quantitative estimate of drug-likeness (QED) is 0.838. The Kier molecular flexibility index (Phi) is 5.78. The summed E-state index contributed by atoms with van der Waals surface area (Å²) in [6, 6.07) is 3.16. The second-order valence-electron chi connectivity index (χ2n) is 3.60. The average Bonchev–Trinajstić information content (AvgIpc) is 2.77. The Hall–Kier alpha value is -1.42. The highest BCUT2D eigenvalue weighted by molar-refractivity contribution is 5.79. The zero-order valence-electron chi connectivity index (χ0n) is 11.0. The van der Waals surface area contributed by atoms with Crippen LogP contribution in [0.2, 0.25) is 0 Å². The van der Waals surface area contributed by atoms with Crippen molar-refractivity contribution in [3.05, 3.63) is 35.6 Å². The lowest BCUT2D eigenvalue weighted by atomic mass is 10.1. The van der Waals surface area contributed by atoms with Gasteiger partial charge in [-0.1, -0.05) is 26.8 Å². The van der Waals surface area contributed by atoms with E-state index < -0.39 is 11.6 Å². The second kappa shape index (κ2) is 7.11. The molecule has 0 fully saturated rings. The molecule has 18 heavy (non-hydrogen) atoms. The molecule has 0 amide bonds. The number of halogens is 2. The van der Waals surface area contributed by atoms with Gasteiger partial charge < -0.3 is 9.73 Å². The summed E-state index contributed by atoms with van der Waals surface area (Å²) in [5.41, 5.74) is 0.550. The minimum Gasteiger partial charge on any atom is -0.458 e. The summed E-state index contributed by atoms with van der Waals surface area (Å²) < 4.78 is 31.8. The molecular weight excluding hydrogens is 236 g/mol. The maximum absolute atomic E-state index is 13.8. The van der Waals surface area contributed by atoms with Crippen molar-refractivity contribution in [1.82, 2.24) is 5.32 Å². The molecule has 0 aliphatic rings. The number of benzene rings is 1. The van der Waals surface area contributed by atoms with Crippen molar-refractivity contribution in [2.75, 3.05) is 13.1 Å². The van der Waals surface area contributed by atoms with Crippen LogP contribution in [0, 0.1) is 11.6 Å². The van der Waals surface area contributed by atoms with Gasteiger partial charge in [-0.3, -0.25) is 0 Å². The van der Waals surface area contributed by atoms with E-state index in [-0.39, 0.29) is 11.0 Å². The Bertz CT molecular complexity index is 494. The average molecular weight is 255 g/mol. The summed E-state index contributed by atoms with van der Waals surface area (Å²) in [5.74, 6) is -0.980. The van der Waals surface area contributed by atoms with E-state index in [1.165, 1.54) is 0 Å². The summed E-state index contributed by atoms with van der Waals surface area (Å²) in [6.45, 7) is 7.53. The molecule has 1 N–H and O–H groups in total. The Labute approximate surface area is 106 Å². The smallest absolute Gasteiger partial charge is 0.172 e. The highest BCUT2D eigenvalue weighted by Crippen LogP contribution is 2.25. The van der Waals surface area contributed by atoms with E-state index in [1.54, 1.807) is 12.1 Å². The van der Waals surface area contributed by atoms with Gasteiger partial charge in [0, 0.05) is 0 Å². The third-order valence-corrected chi connectivity index (χ3v) is 2.54. The molecule has 0 saturated heterocycles. The van der Waals surface area contributed by atoms with E-state index in [1.807, 2.05) is 20.8 Å². The van der Waals surface area contributed by atoms with E-state index in [0.29, 0.717) is 18.5 Å². The second-order valence-corrected chi connectivity index (χ2v) is 3.60. The largest absolute Gasteiger partial charge is 0.458 e. The van der Waals surface area contributed by atoms with Gasteiger partial charge in [0.05, 0.1) is 5.39 Å². The first-order valence-electron chi connectivity index (χ1n) is 6.28. The highest BCUT2D eigenvalue weighted by Gasteiger charge is 2.13. The van der Waals surface area contributed by atoms with Gasteiger partial charge in [-0.2, -0.15) is 0 Å². The first-order valence-corrected chi connectivity index (χ1v) is 6.28. The number of likely N-dealkylation sites (N-methyl/N-ethyl adjacent to an activating group) is 1. The van der Waals surface area contributed by atoms with Crippen LogP contribution in [-0.2, 0) is 6.42 Å². The monoisotopic (exact) mass is 255 g/mol. The van der Waals surface area contributed by atoms with Crippen molar-refractivity contribution in [3.63, 3.8) is 0 Å². The van der Waals surface area contributed by atoms with Gasteiger partial charge in [-0.05, 0) is 31.1 Å². The Morgan fingerprint density at radius 1 is 1.22 bits per heavy atom. The van der Waals surface area contributed by atoms with Gasteiger partial charge in [0.1, 0.15) is 6.26 Å². The Morgan fingerprint density at radius 3 is 2.61 bits per heavy atom. The standard InChI is InChI=1S/C12H13F2NO.C2H6/c1-2-15-6-5-8-3-4-9-10(13)7-16-12(9)11(8)14;1-2/h3-4,7,15H,2,5-6H2,1H3;1-2H3. The Morgan fingerprint density at radius 2 is 1.94 bits per heavy atom. The van der Waals surface area contributed by atoms with Crippen LogP contribution in [0.15, 0.2) is 22.8 Å². The van der Waals surface area contributed by atoms with Gasteiger partial charge in [-0.15, -0.1) is 0 Å². The predicted molar refractivity (Wildman–Crippen MR) is 69.7 cm³/mol. The lowest BCUT2D eigenvalue weighted by Crippen LogP contribution is -2.16. The maximum atomic E-state index is 13.8. The number of furan rings is 1. The van der Waals surface area contributed by atoms with Gasteiger partial charge in [0.25, 0.3) is 0 Å². The molecule has 0 aliphatic carbocycles. The molecule has 0 bridgehead atoms. The number of rotatable bonds is 4. The van der Waals surface area contributed by atoms with E-state index in [4.69, 9.17) is 4.42 Å². The van der Waals surface area contributed by atoms with Crippen LogP contribution in [0.3, 0.4) is 0 Å². The van der Waals surface area contributed by atoms with Crippen LogP contribution in [-0.4, -0.2) is 13.1 Å². The van der Waals surface area contributed by atoms with E-state index in [2.05, 4.69) is 5.32 Å². The molecule has 1 aromatic carbocycles. The van der Waals surface area contributed by atoms with Crippen molar-refractivity contribution in [1.29, 1.82) is 0 Å². The summed E-state index contributed by atoms with van der Waals surface area (Å²) in [6.07, 6.45) is 1.50. The molecule has 1 aromatic heterocycles. The number of nitrogens with one attached hydrogen (secondary N) is 1. The Balaban J connectivity index is 0.000000771. The van der Waals surface area contributed by atoms with E-state index in [9.17, 15) is 8.78 Å². The molecule has 2 rings (SSSR count). The predicted octanol–water partition coefficient (Wildman–Crippen LogP) is 3.89. The highest BCUT2D eigenvalue weighted by atomic mass is 19.1.